The number of alkyl carbamates (subject to hydrolysis) is 1. The molecular formula is C35H49N4O10P. The number of amides is 3. The van der Waals surface area contributed by atoms with Crippen LogP contribution in [-0.2, 0) is 44.1 Å². The Labute approximate surface area is 293 Å². The lowest BCUT2D eigenvalue weighted by atomic mass is 10.1. The highest BCUT2D eigenvalue weighted by Gasteiger charge is 2.41. The van der Waals surface area contributed by atoms with Crippen molar-refractivity contribution in [3.05, 3.63) is 71.8 Å². The number of nitrogens with one attached hydrogen (secondary N) is 4. The van der Waals surface area contributed by atoms with Gasteiger partial charge in [-0.1, -0.05) is 68.3 Å². The van der Waals surface area contributed by atoms with E-state index in [0.29, 0.717) is 44.2 Å². The van der Waals surface area contributed by atoms with Crippen LogP contribution in [0.3, 0.4) is 0 Å². The Morgan fingerprint density at radius 1 is 0.940 bits per heavy atom. The molecule has 1 saturated heterocycles. The second-order valence-corrected chi connectivity index (χ2v) is 14.2. The van der Waals surface area contributed by atoms with Gasteiger partial charge >= 0.3 is 25.6 Å². The molecule has 0 bridgehead atoms. The number of hydrogen-bond acceptors (Lipinski definition) is 11. The molecule has 0 spiro atoms. The molecule has 1 aliphatic rings. The number of benzene rings is 2. The average molecular weight is 717 g/mol. The molecule has 3 rings (SSSR count). The molecule has 4 N–H and O–H groups in total. The normalized spacial score (nSPS) is 17.0. The fourth-order valence-electron chi connectivity index (χ4n) is 5.16. The molecule has 5 atom stereocenters. The molecule has 4 unspecified atom stereocenters. The number of rotatable bonds is 20. The molecule has 1 fully saturated rings. The van der Waals surface area contributed by atoms with Crippen LogP contribution in [0.2, 0.25) is 0 Å². The van der Waals surface area contributed by atoms with Crippen molar-refractivity contribution in [2.75, 3.05) is 20.2 Å². The van der Waals surface area contributed by atoms with E-state index >= 15 is 0 Å². The summed E-state index contributed by atoms with van der Waals surface area (Å²) in [6.45, 7) is 4.23. The van der Waals surface area contributed by atoms with E-state index < -0.39 is 61.4 Å². The molecule has 1 heterocycles. The van der Waals surface area contributed by atoms with Crippen molar-refractivity contribution in [1.82, 2.24) is 21.3 Å². The van der Waals surface area contributed by atoms with Crippen LogP contribution < -0.4 is 21.3 Å². The highest BCUT2D eigenvalue weighted by molar-refractivity contribution is 7.54. The first-order chi connectivity index (χ1) is 24.1. The lowest BCUT2D eigenvalue weighted by Crippen LogP contribution is -2.50. The standard InChI is InChI=1S/C35H49N4O10P/c1-4-5-21-30(50(45,46-3)49-25(2)33(42)48-34(43)29-20-14-23-36-29)39-32(41)28(38-31(40)27-17-10-7-11-18-27)19-12-13-22-37-35(44)47-24-26-15-8-6-9-16-26/h6-11,15-18,25,28-30,36H,4-5,12-14,19-24H2,1-3H3,(H,37,44)(H,38,40)(H,39,41)/t25?,28?,29-,30?,50?/m0/s1. The van der Waals surface area contributed by atoms with Crippen molar-refractivity contribution in [3.8, 4) is 0 Å². The third-order valence-electron chi connectivity index (χ3n) is 8.02. The number of ether oxygens (including phenoxy) is 2. The van der Waals surface area contributed by atoms with Crippen molar-refractivity contribution in [3.63, 3.8) is 0 Å². The molecule has 2 aromatic rings. The lowest BCUT2D eigenvalue weighted by Gasteiger charge is -2.30. The van der Waals surface area contributed by atoms with Gasteiger partial charge in [0, 0.05) is 19.2 Å². The zero-order chi connectivity index (χ0) is 36.4. The van der Waals surface area contributed by atoms with Gasteiger partial charge in [0.25, 0.3) is 5.91 Å². The van der Waals surface area contributed by atoms with Crippen LogP contribution in [0.15, 0.2) is 60.7 Å². The fourth-order valence-corrected chi connectivity index (χ4v) is 6.95. The summed E-state index contributed by atoms with van der Waals surface area (Å²) < 4.78 is 35.2. The first-order valence-corrected chi connectivity index (χ1v) is 18.6. The maximum atomic E-state index is 14.0. The molecule has 0 aromatic heterocycles. The van der Waals surface area contributed by atoms with Crippen LogP contribution in [0.4, 0.5) is 4.79 Å². The minimum atomic E-state index is -4.22. The zero-order valence-electron chi connectivity index (χ0n) is 28.9. The highest BCUT2D eigenvalue weighted by Crippen LogP contribution is 2.54. The number of carbonyl (C=O) groups is 5. The Bertz CT molecular complexity index is 1440. The van der Waals surface area contributed by atoms with E-state index in [1.165, 1.54) is 6.92 Å². The summed E-state index contributed by atoms with van der Waals surface area (Å²) in [5.41, 5.74) is 1.20. The second-order valence-electron chi connectivity index (χ2n) is 11.9. The van der Waals surface area contributed by atoms with Gasteiger partial charge in [-0.25, -0.2) is 14.4 Å². The molecular weight excluding hydrogens is 667 g/mol. The van der Waals surface area contributed by atoms with Gasteiger partial charge in [-0.2, -0.15) is 0 Å². The van der Waals surface area contributed by atoms with Gasteiger partial charge in [-0.15, -0.1) is 0 Å². The second kappa shape index (κ2) is 21.2. The average Bonchev–Trinajstić information content (AvgIpc) is 3.68. The lowest BCUT2D eigenvalue weighted by molar-refractivity contribution is -0.165. The minimum absolute atomic E-state index is 0.130. The highest BCUT2D eigenvalue weighted by atomic mass is 31.2. The maximum absolute atomic E-state index is 14.0. The van der Waals surface area contributed by atoms with Crippen molar-refractivity contribution in [1.29, 1.82) is 0 Å². The molecule has 50 heavy (non-hydrogen) atoms. The molecule has 2 aromatic carbocycles. The third kappa shape index (κ3) is 13.3. The first kappa shape index (κ1) is 40.3. The van der Waals surface area contributed by atoms with Crippen LogP contribution in [-0.4, -0.2) is 74.0 Å². The van der Waals surface area contributed by atoms with E-state index in [1.807, 2.05) is 37.3 Å². The van der Waals surface area contributed by atoms with Crippen molar-refractivity contribution >= 4 is 37.4 Å². The molecule has 14 nitrogen and oxygen atoms in total. The van der Waals surface area contributed by atoms with Gasteiger partial charge in [-0.05, 0) is 69.7 Å². The summed E-state index contributed by atoms with van der Waals surface area (Å²) in [6, 6.07) is 16.0. The zero-order valence-corrected chi connectivity index (χ0v) is 29.8. The molecule has 1 aliphatic heterocycles. The maximum Gasteiger partial charge on any atom is 0.407 e. The molecule has 15 heteroatoms. The van der Waals surface area contributed by atoms with Crippen LogP contribution in [0.1, 0.15) is 81.1 Å². The van der Waals surface area contributed by atoms with E-state index in [9.17, 15) is 28.5 Å². The summed E-state index contributed by atoms with van der Waals surface area (Å²) in [5, 5.41) is 11.1. The molecule has 0 saturated carbocycles. The predicted molar refractivity (Wildman–Crippen MR) is 185 cm³/mol. The number of hydrogen-bond donors (Lipinski definition) is 4. The quantitative estimate of drug-likeness (QED) is 0.0650. The monoisotopic (exact) mass is 716 g/mol. The Kier molecular flexibility index (Phi) is 17.1. The van der Waals surface area contributed by atoms with Crippen LogP contribution in [0, 0.1) is 0 Å². The Hall–Kier alpha value is -4.10. The summed E-state index contributed by atoms with van der Waals surface area (Å²) in [4.78, 5) is 64.0. The van der Waals surface area contributed by atoms with Gasteiger partial charge < -0.3 is 35.3 Å². The number of unbranched alkanes of at least 4 members (excludes halogenated alkanes) is 2. The summed E-state index contributed by atoms with van der Waals surface area (Å²) in [5.74, 6) is -4.08. The number of esters is 2. The molecule has 274 valence electrons. The van der Waals surface area contributed by atoms with Crippen molar-refractivity contribution in [2.24, 2.45) is 0 Å². The van der Waals surface area contributed by atoms with E-state index in [1.54, 1.807) is 30.3 Å². The van der Waals surface area contributed by atoms with Crippen molar-refractivity contribution < 1.29 is 47.1 Å². The summed E-state index contributed by atoms with van der Waals surface area (Å²) in [6.07, 6.45) is 1.74. The minimum Gasteiger partial charge on any atom is -0.445 e. The molecule has 0 radical (unpaired) electrons. The van der Waals surface area contributed by atoms with Gasteiger partial charge in [0.2, 0.25) is 5.91 Å². The topological polar surface area (TPSA) is 187 Å². The van der Waals surface area contributed by atoms with E-state index in [2.05, 4.69) is 21.3 Å². The Morgan fingerprint density at radius 3 is 2.28 bits per heavy atom. The van der Waals surface area contributed by atoms with Gasteiger partial charge in [-0.3, -0.25) is 18.7 Å². The summed E-state index contributed by atoms with van der Waals surface area (Å²) >= 11 is 0. The molecule has 3 amide bonds. The largest absolute Gasteiger partial charge is 0.445 e. The Morgan fingerprint density at radius 2 is 1.64 bits per heavy atom. The van der Waals surface area contributed by atoms with Crippen LogP contribution >= 0.6 is 7.60 Å². The predicted octanol–water partition coefficient (Wildman–Crippen LogP) is 4.58. The van der Waals surface area contributed by atoms with Gasteiger partial charge in [0.1, 0.15) is 24.5 Å². The number of carbonyl (C=O) groups excluding carboxylic acids is 5. The Balaban J connectivity index is 1.64. The van der Waals surface area contributed by atoms with Crippen molar-refractivity contribution in [2.45, 2.75) is 95.8 Å². The van der Waals surface area contributed by atoms with Gasteiger partial charge in [0.05, 0.1) is 0 Å². The summed E-state index contributed by atoms with van der Waals surface area (Å²) in [7, 11) is -3.07. The molecule has 0 aliphatic carbocycles. The first-order valence-electron chi connectivity index (χ1n) is 17.0. The fraction of sp³-hybridized carbons (Fsp3) is 0.514. The van der Waals surface area contributed by atoms with Gasteiger partial charge in [0.15, 0.2) is 6.10 Å². The third-order valence-corrected chi connectivity index (χ3v) is 10.3. The van der Waals surface area contributed by atoms with E-state index in [-0.39, 0.29) is 26.0 Å². The van der Waals surface area contributed by atoms with E-state index in [4.69, 9.17) is 18.5 Å². The SMILES string of the molecule is CCCCC(NC(=O)C(CCCCNC(=O)OCc1ccccc1)NC(=O)c1ccccc1)P(=O)(OC)OC(C)C(=O)OC(=O)[C@@H]1CCCN1. The van der Waals surface area contributed by atoms with Crippen LogP contribution in [0.5, 0.6) is 0 Å². The van der Waals surface area contributed by atoms with E-state index in [0.717, 1.165) is 19.1 Å². The van der Waals surface area contributed by atoms with Crippen LogP contribution in [0.25, 0.3) is 0 Å². The smallest absolute Gasteiger partial charge is 0.407 e.